The number of nitrogen functional groups attached to an aromatic ring is 1. The molecule has 0 spiro atoms. The van der Waals surface area contributed by atoms with E-state index >= 15 is 0 Å². The number of nitrogens with one attached hydrogen (secondary N) is 1. The number of carbonyl (C=O) groups is 1. The molecule has 4 heteroatoms. The second-order valence-corrected chi connectivity index (χ2v) is 5.53. The molecule has 3 nitrogen and oxygen atoms in total. The molecule has 0 aliphatic heterocycles. The molecule has 0 aliphatic rings. The minimum absolute atomic E-state index is 0.0291. The standard InChI is InChI=1S/C14H16N2OS/c1-9-6-13(18-10(9)2)14(17)16-8-11-4-3-5-12(15)7-11/h3-7H,8,15H2,1-2H3,(H,16,17). The molecule has 0 saturated heterocycles. The summed E-state index contributed by atoms with van der Waals surface area (Å²) in [4.78, 5) is 13.9. The van der Waals surface area contributed by atoms with Crippen molar-refractivity contribution < 1.29 is 4.79 Å². The lowest BCUT2D eigenvalue weighted by molar-refractivity contribution is 0.0955. The second kappa shape index (κ2) is 5.23. The largest absolute Gasteiger partial charge is 0.399 e. The van der Waals surface area contributed by atoms with Crippen LogP contribution >= 0.6 is 11.3 Å². The third-order valence-corrected chi connectivity index (χ3v) is 3.95. The van der Waals surface area contributed by atoms with Gasteiger partial charge in [0.05, 0.1) is 4.88 Å². The predicted octanol–water partition coefficient (Wildman–Crippen LogP) is 2.88. The van der Waals surface area contributed by atoms with Crippen LogP contribution in [0.15, 0.2) is 30.3 Å². The first-order chi connectivity index (χ1) is 8.56. The number of nitrogens with two attached hydrogens (primary N) is 1. The summed E-state index contributed by atoms with van der Waals surface area (Å²) in [6.45, 7) is 4.54. The highest BCUT2D eigenvalue weighted by Gasteiger charge is 2.09. The highest BCUT2D eigenvalue weighted by Crippen LogP contribution is 2.20. The van der Waals surface area contributed by atoms with E-state index in [0.29, 0.717) is 12.2 Å². The summed E-state index contributed by atoms with van der Waals surface area (Å²) in [5.74, 6) is -0.0291. The molecule has 0 bridgehead atoms. The van der Waals surface area contributed by atoms with Gasteiger partial charge in [0, 0.05) is 17.1 Å². The number of aryl methyl sites for hydroxylation is 2. The van der Waals surface area contributed by atoms with Gasteiger partial charge in [-0.1, -0.05) is 12.1 Å². The molecule has 0 fully saturated rings. The Kier molecular flexibility index (Phi) is 3.67. The summed E-state index contributed by atoms with van der Waals surface area (Å²) in [7, 11) is 0. The normalized spacial score (nSPS) is 10.3. The molecule has 18 heavy (non-hydrogen) atoms. The molecule has 0 atom stereocenters. The van der Waals surface area contributed by atoms with Gasteiger partial charge in [0.25, 0.3) is 5.91 Å². The van der Waals surface area contributed by atoms with Crippen molar-refractivity contribution in [1.29, 1.82) is 0 Å². The van der Waals surface area contributed by atoms with E-state index in [1.807, 2.05) is 44.2 Å². The Morgan fingerprint density at radius 2 is 2.11 bits per heavy atom. The van der Waals surface area contributed by atoms with Crippen molar-refractivity contribution >= 4 is 22.9 Å². The zero-order valence-electron chi connectivity index (χ0n) is 10.5. The lowest BCUT2D eigenvalue weighted by Crippen LogP contribution is -2.21. The molecule has 1 heterocycles. The lowest BCUT2D eigenvalue weighted by atomic mass is 10.2. The third-order valence-electron chi connectivity index (χ3n) is 2.79. The van der Waals surface area contributed by atoms with E-state index in [4.69, 9.17) is 5.73 Å². The van der Waals surface area contributed by atoms with Crippen molar-refractivity contribution in [2.45, 2.75) is 20.4 Å². The van der Waals surface area contributed by atoms with Crippen LogP contribution in [0.3, 0.4) is 0 Å². The maximum absolute atomic E-state index is 11.9. The first-order valence-electron chi connectivity index (χ1n) is 5.76. The van der Waals surface area contributed by atoms with Crippen LogP contribution in [-0.4, -0.2) is 5.91 Å². The summed E-state index contributed by atoms with van der Waals surface area (Å²) in [6.07, 6.45) is 0. The van der Waals surface area contributed by atoms with Gasteiger partial charge in [0.15, 0.2) is 0 Å². The monoisotopic (exact) mass is 260 g/mol. The SMILES string of the molecule is Cc1cc(C(=O)NCc2cccc(N)c2)sc1C. The van der Waals surface area contributed by atoms with E-state index in [9.17, 15) is 4.79 Å². The first-order valence-corrected chi connectivity index (χ1v) is 6.57. The summed E-state index contributed by atoms with van der Waals surface area (Å²) in [5.41, 5.74) is 8.57. The van der Waals surface area contributed by atoms with Crippen LogP contribution < -0.4 is 11.1 Å². The van der Waals surface area contributed by atoms with E-state index in [1.165, 1.54) is 16.2 Å². The quantitative estimate of drug-likeness (QED) is 0.834. The van der Waals surface area contributed by atoms with Crippen LogP contribution in [0, 0.1) is 13.8 Å². The van der Waals surface area contributed by atoms with Gasteiger partial charge in [-0.15, -0.1) is 11.3 Å². The molecular weight excluding hydrogens is 244 g/mol. The summed E-state index contributed by atoms with van der Waals surface area (Å²) in [5, 5.41) is 2.90. The predicted molar refractivity (Wildman–Crippen MR) is 75.8 cm³/mol. The van der Waals surface area contributed by atoms with E-state index in [-0.39, 0.29) is 5.91 Å². The van der Waals surface area contributed by atoms with Crippen molar-refractivity contribution in [2.75, 3.05) is 5.73 Å². The molecule has 1 amide bonds. The lowest BCUT2D eigenvalue weighted by Gasteiger charge is -2.04. The van der Waals surface area contributed by atoms with Crippen LogP contribution in [0.25, 0.3) is 0 Å². The van der Waals surface area contributed by atoms with E-state index in [0.717, 1.165) is 16.0 Å². The number of amides is 1. The number of thiophene rings is 1. The Morgan fingerprint density at radius 3 is 2.72 bits per heavy atom. The Labute approximate surface area is 111 Å². The number of hydrogen-bond acceptors (Lipinski definition) is 3. The van der Waals surface area contributed by atoms with Gasteiger partial charge in [0.1, 0.15) is 0 Å². The average molecular weight is 260 g/mol. The van der Waals surface area contributed by atoms with E-state index < -0.39 is 0 Å². The minimum atomic E-state index is -0.0291. The third kappa shape index (κ3) is 2.90. The summed E-state index contributed by atoms with van der Waals surface area (Å²) < 4.78 is 0. The highest BCUT2D eigenvalue weighted by atomic mass is 32.1. The zero-order chi connectivity index (χ0) is 13.1. The van der Waals surface area contributed by atoms with Gasteiger partial charge in [-0.2, -0.15) is 0 Å². The number of carbonyl (C=O) groups excluding carboxylic acids is 1. The molecule has 1 aromatic carbocycles. The fourth-order valence-corrected chi connectivity index (χ4v) is 2.61. The molecule has 2 rings (SSSR count). The van der Waals surface area contributed by atoms with Crippen LogP contribution in [0.1, 0.15) is 25.7 Å². The maximum atomic E-state index is 11.9. The number of rotatable bonds is 3. The van der Waals surface area contributed by atoms with Gasteiger partial charge in [-0.05, 0) is 43.2 Å². The molecule has 2 aromatic rings. The van der Waals surface area contributed by atoms with Crippen molar-refractivity contribution in [1.82, 2.24) is 5.32 Å². The molecule has 1 aromatic heterocycles. The van der Waals surface area contributed by atoms with Crippen molar-refractivity contribution in [3.05, 3.63) is 51.2 Å². The second-order valence-electron chi connectivity index (χ2n) is 4.28. The molecule has 3 N–H and O–H groups in total. The van der Waals surface area contributed by atoms with Gasteiger partial charge in [0.2, 0.25) is 0 Å². The van der Waals surface area contributed by atoms with Crippen LogP contribution in [-0.2, 0) is 6.54 Å². The Balaban J connectivity index is 2.00. The van der Waals surface area contributed by atoms with Crippen molar-refractivity contribution in [3.63, 3.8) is 0 Å². The fraction of sp³-hybridized carbons (Fsp3) is 0.214. The number of anilines is 1. The van der Waals surface area contributed by atoms with Gasteiger partial charge in [-0.3, -0.25) is 4.79 Å². The number of benzene rings is 1. The minimum Gasteiger partial charge on any atom is -0.399 e. The zero-order valence-corrected chi connectivity index (χ0v) is 11.3. The molecule has 0 aliphatic carbocycles. The highest BCUT2D eigenvalue weighted by molar-refractivity contribution is 7.14. The molecule has 94 valence electrons. The Morgan fingerprint density at radius 1 is 1.33 bits per heavy atom. The van der Waals surface area contributed by atoms with E-state index in [2.05, 4.69) is 5.32 Å². The Bertz CT molecular complexity index is 555. The summed E-state index contributed by atoms with van der Waals surface area (Å²) >= 11 is 1.52. The van der Waals surface area contributed by atoms with Gasteiger partial charge in [-0.25, -0.2) is 0 Å². The van der Waals surface area contributed by atoms with Gasteiger partial charge < -0.3 is 11.1 Å². The van der Waals surface area contributed by atoms with E-state index in [1.54, 1.807) is 0 Å². The van der Waals surface area contributed by atoms with Gasteiger partial charge >= 0.3 is 0 Å². The smallest absolute Gasteiger partial charge is 0.261 e. The first kappa shape index (κ1) is 12.6. The number of hydrogen-bond donors (Lipinski definition) is 2. The van der Waals surface area contributed by atoms with Crippen molar-refractivity contribution in [3.8, 4) is 0 Å². The molecule has 0 saturated carbocycles. The summed E-state index contributed by atoms with van der Waals surface area (Å²) in [6, 6.07) is 9.45. The van der Waals surface area contributed by atoms with Crippen LogP contribution in [0.4, 0.5) is 5.69 Å². The topological polar surface area (TPSA) is 55.1 Å². The molecular formula is C14H16N2OS. The van der Waals surface area contributed by atoms with Crippen LogP contribution in [0.2, 0.25) is 0 Å². The maximum Gasteiger partial charge on any atom is 0.261 e. The Hall–Kier alpha value is -1.81. The molecule has 0 radical (unpaired) electrons. The average Bonchev–Trinajstić information content (AvgIpc) is 2.67. The fourth-order valence-electron chi connectivity index (χ4n) is 1.66. The molecule has 0 unspecified atom stereocenters. The van der Waals surface area contributed by atoms with Crippen molar-refractivity contribution in [2.24, 2.45) is 0 Å². The van der Waals surface area contributed by atoms with Crippen LogP contribution in [0.5, 0.6) is 0 Å².